The highest BCUT2D eigenvalue weighted by Gasteiger charge is 2.58. The Morgan fingerprint density at radius 2 is 1.66 bits per heavy atom. The summed E-state index contributed by atoms with van der Waals surface area (Å²) in [5.74, 6) is -1.05. The van der Waals surface area contributed by atoms with Crippen LogP contribution in [0.5, 0.6) is 0 Å². The summed E-state index contributed by atoms with van der Waals surface area (Å²) in [7, 11) is 13.9. The van der Waals surface area contributed by atoms with Gasteiger partial charge in [-0.3, -0.25) is 14.5 Å². The molecule has 2 aromatic rings. The third kappa shape index (κ3) is 7.61. The zero-order valence-electron chi connectivity index (χ0n) is 30.3. The molecule has 1 heterocycles. The van der Waals surface area contributed by atoms with Crippen LogP contribution in [0.4, 0.5) is 10.1 Å². The molecule has 1 aliphatic heterocycles. The topological polar surface area (TPSA) is 111 Å². The van der Waals surface area contributed by atoms with Gasteiger partial charge in [-0.25, -0.2) is 4.39 Å². The van der Waals surface area contributed by atoms with Crippen LogP contribution in [-0.4, -0.2) is 125 Å². The number of benzene rings is 2. The highest BCUT2D eigenvalue weighted by molar-refractivity contribution is 6.60. The van der Waals surface area contributed by atoms with E-state index in [1.807, 2.05) is 12.1 Å². The Morgan fingerprint density at radius 3 is 2.19 bits per heavy atom. The summed E-state index contributed by atoms with van der Waals surface area (Å²) in [6, 6.07) is 10.3. The van der Waals surface area contributed by atoms with Crippen molar-refractivity contribution in [3.05, 3.63) is 64.5 Å². The molecule has 1 unspecified atom stereocenters. The predicted octanol–water partition coefficient (Wildman–Crippen LogP) is -2.65. The maximum Gasteiger partial charge on any atom is 0.266 e. The van der Waals surface area contributed by atoms with Crippen molar-refractivity contribution in [1.29, 1.82) is 0 Å². The van der Waals surface area contributed by atoms with Gasteiger partial charge in [-0.1, -0.05) is 24.3 Å². The van der Waals surface area contributed by atoms with Gasteiger partial charge in [0.05, 0.1) is 11.2 Å². The maximum absolute atomic E-state index is 15.3. The van der Waals surface area contributed by atoms with Crippen LogP contribution in [0.1, 0.15) is 54.7 Å². The SMILES string of the molecule is BC(B)(c1ccc(F)c(CNc2cccc(C=O)c2CN(C)C(O)(C(=O)NC)C(B)(B)C(B)(B)C=O)c1)N1CC(C)(C)OC(C)(C)C1. The summed E-state index contributed by atoms with van der Waals surface area (Å²) in [6.45, 7) is 9.85. The Hall–Kier alpha value is -2.79. The molecule has 0 radical (unpaired) electrons. The second-order valence-corrected chi connectivity index (χ2v) is 15.8. The van der Waals surface area contributed by atoms with Crippen LogP contribution >= 0.6 is 0 Å². The van der Waals surface area contributed by atoms with Crippen molar-refractivity contribution in [3.8, 4) is 0 Å². The van der Waals surface area contributed by atoms with Gasteiger partial charge in [0.1, 0.15) is 65.5 Å². The molecule has 0 aliphatic carbocycles. The fourth-order valence-corrected chi connectivity index (χ4v) is 6.76. The van der Waals surface area contributed by atoms with Crippen molar-refractivity contribution in [1.82, 2.24) is 15.1 Å². The molecule has 1 fully saturated rings. The standard InChI is InChI=1S/C31H49B6FN4O5/c1-26(2)16-42(17-27(3,4)47-26)30(34,35)21-10-11-23(38)20(12-21)13-40-24-9-7-8-19(15-43)22(24)14-41(6)29(46,25(45)39-5)31(36,37)28(32,33)18-44/h7-12,15,18,40,46H,13-14,16-17,32-37H2,1-6H3,(H,39,45). The minimum atomic E-state index is -2.14. The van der Waals surface area contributed by atoms with Gasteiger partial charge in [-0.2, -0.15) is 0 Å². The third-order valence-electron chi connectivity index (χ3n) is 10.3. The van der Waals surface area contributed by atoms with E-state index in [0.29, 0.717) is 41.8 Å². The number of rotatable bonds is 13. The second kappa shape index (κ2) is 13.6. The van der Waals surface area contributed by atoms with Gasteiger partial charge < -0.3 is 30.2 Å². The van der Waals surface area contributed by atoms with Crippen molar-refractivity contribution >= 4 is 71.2 Å². The zero-order chi connectivity index (χ0) is 35.8. The number of morpholine rings is 1. The molecule has 1 atom stereocenters. The first-order valence-electron chi connectivity index (χ1n) is 16.2. The number of halogens is 1. The maximum atomic E-state index is 15.3. The van der Waals surface area contributed by atoms with Crippen LogP contribution in [0.2, 0.25) is 10.4 Å². The first-order chi connectivity index (χ1) is 21.5. The summed E-state index contributed by atoms with van der Waals surface area (Å²) < 4.78 is 21.6. The molecule has 1 amide bonds. The number of carbonyl (C=O) groups is 3. The van der Waals surface area contributed by atoms with E-state index < -0.39 is 27.4 Å². The van der Waals surface area contributed by atoms with Crippen molar-refractivity contribution in [3.63, 3.8) is 0 Å². The molecule has 0 bridgehead atoms. The molecule has 47 heavy (non-hydrogen) atoms. The van der Waals surface area contributed by atoms with Crippen LogP contribution in [0, 0.1) is 5.82 Å². The number of ether oxygens (including phenoxy) is 1. The van der Waals surface area contributed by atoms with Crippen LogP contribution in [-0.2, 0) is 32.8 Å². The number of anilines is 1. The second-order valence-electron chi connectivity index (χ2n) is 15.8. The van der Waals surface area contributed by atoms with Gasteiger partial charge >= 0.3 is 0 Å². The number of hydrogen-bond donors (Lipinski definition) is 3. The molecule has 0 saturated carbocycles. The number of aldehydes is 2. The summed E-state index contributed by atoms with van der Waals surface area (Å²) in [6.07, 6.45) is 1.44. The normalized spacial score (nSPS) is 18.2. The van der Waals surface area contributed by atoms with Gasteiger partial charge in [-0.05, 0) is 73.8 Å². The number of nitrogens with zero attached hydrogens (tertiary/aromatic N) is 2. The van der Waals surface area contributed by atoms with Gasteiger partial charge in [0.2, 0.25) is 0 Å². The van der Waals surface area contributed by atoms with Gasteiger partial charge in [-0.15, -0.1) is 0 Å². The minimum Gasteiger partial charge on any atom is -0.381 e. The van der Waals surface area contributed by atoms with Crippen molar-refractivity contribution in [2.45, 2.75) is 73.5 Å². The molecule has 3 N–H and O–H groups in total. The summed E-state index contributed by atoms with van der Waals surface area (Å²) in [5, 5.41) is 15.1. The molecular weight excluding hydrogens is 592 g/mol. The Kier molecular flexibility index (Phi) is 11.2. The Bertz CT molecular complexity index is 1490. The van der Waals surface area contributed by atoms with E-state index in [9.17, 15) is 19.5 Å². The highest BCUT2D eigenvalue weighted by atomic mass is 19.1. The fourth-order valence-electron chi connectivity index (χ4n) is 6.76. The smallest absolute Gasteiger partial charge is 0.266 e. The quantitative estimate of drug-likeness (QED) is 0.124. The van der Waals surface area contributed by atoms with Crippen LogP contribution in [0.15, 0.2) is 36.4 Å². The molecule has 1 aliphatic rings. The molecule has 1 saturated heterocycles. The molecule has 2 aromatic carbocycles. The molecule has 3 rings (SSSR count). The predicted molar refractivity (Wildman–Crippen MR) is 201 cm³/mol. The number of aliphatic hydroxyl groups is 1. The van der Waals surface area contributed by atoms with E-state index in [1.54, 1.807) is 56.6 Å². The number of likely N-dealkylation sites (N-methyl/N-ethyl adjacent to an activating group) is 2. The zero-order valence-corrected chi connectivity index (χ0v) is 30.3. The lowest BCUT2D eigenvalue weighted by Crippen LogP contribution is -2.67. The van der Waals surface area contributed by atoms with Crippen LogP contribution in [0.25, 0.3) is 0 Å². The first-order valence-corrected chi connectivity index (χ1v) is 16.2. The summed E-state index contributed by atoms with van der Waals surface area (Å²) >= 11 is 0. The van der Waals surface area contributed by atoms with E-state index in [0.717, 1.165) is 11.8 Å². The lowest BCUT2D eigenvalue weighted by Gasteiger charge is -2.53. The van der Waals surface area contributed by atoms with Crippen molar-refractivity contribution < 1.29 is 28.6 Å². The number of carbonyl (C=O) groups excluding carboxylic acids is 3. The molecule has 0 aromatic heterocycles. The molecule has 16 heteroatoms. The largest absolute Gasteiger partial charge is 0.381 e. The Balaban J connectivity index is 1.97. The average molecular weight is 642 g/mol. The van der Waals surface area contributed by atoms with Gasteiger partial charge in [0, 0.05) is 50.0 Å². The molecule has 0 spiro atoms. The number of hydrogen-bond acceptors (Lipinski definition) is 8. The number of nitrogens with one attached hydrogen (secondary N) is 2. The van der Waals surface area contributed by atoms with Gasteiger partial charge in [0.15, 0.2) is 5.72 Å². The van der Waals surface area contributed by atoms with E-state index in [1.165, 1.54) is 18.0 Å². The number of amides is 1. The molecular formula is C31H49B6FN4O5. The highest BCUT2D eigenvalue weighted by Crippen LogP contribution is 2.50. The minimum absolute atomic E-state index is 0.0301. The van der Waals surface area contributed by atoms with Crippen molar-refractivity contribution in [2.75, 3.05) is 32.5 Å². The molecule has 248 valence electrons. The Labute approximate surface area is 285 Å². The Morgan fingerprint density at radius 1 is 1.06 bits per heavy atom. The summed E-state index contributed by atoms with van der Waals surface area (Å²) in [5.41, 5.74) is -0.0153. The lowest BCUT2D eigenvalue weighted by molar-refractivity contribution is -0.186. The van der Waals surface area contributed by atoms with E-state index >= 15 is 4.39 Å². The van der Waals surface area contributed by atoms with E-state index in [-0.39, 0.29) is 30.1 Å². The van der Waals surface area contributed by atoms with Gasteiger partial charge in [0.25, 0.3) is 5.91 Å². The third-order valence-corrected chi connectivity index (χ3v) is 10.3. The lowest BCUT2D eigenvalue weighted by atomic mass is 9.27. The molecule has 9 nitrogen and oxygen atoms in total. The monoisotopic (exact) mass is 642 g/mol. The van der Waals surface area contributed by atoms with E-state index in [2.05, 4.69) is 58.9 Å². The first kappa shape index (κ1) is 38.7. The van der Waals surface area contributed by atoms with Crippen LogP contribution < -0.4 is 10.6 Å². The summed E-state index contributed by atoms with van der Waals surface area (Å²) in [4.78, 5) is 41.4. The van der Waals surface area contributed by atoms with E-state index in [4.69, 9.17) is 4.74 Å². The average Bonchev–Trinajstić information content (AvgIpc) is 2.98. The van der Waals surface area contributed by atoms with Crippen LogP contribution in [0.3, 0.4) is 0 Å². The van der Waals surface area contributed by atoms with Crippen molar-refractivity contribution in [2.24, 2.45) is 0 Å². The fraction of sp³-hybridized carbons (Fsp3) is 0.516.